The molecule has 0 saturated carbocycles. The van der Waals surface area contributed by atoms with Gasteiger partial charge in [0.2, 0.25) is 4.93 Å². The van der Waals surface area contributed by atoms with E-state index in [2.05, 4.69) is 16.1 Å². The molecule has 5 rings (SSSR count). The molecule has 3 atom stereocenters. The highest BCUT2D eigenvalue weighted by atomic mass is 32.2. The first-order chi connectivity index (χ1) is 14.8. The van der Waals surface area contributed by atoms with E-state index < -0.39 is 4.93 Å². The maximum atomic E-state index is 6.08. The summed E-state index contributed by atoms with van der Waals surface area (Å²) < 4.78 is 17.7. The molecule has 0 bridgehead atoms. The zero-order chi connectivity index (χ0) is 20.6. The molecule has 0 radical (unpaired) electrons. The van der Waals surface area contributed by atoms with E-state index in [-0.39, 0.29) is 12.0 Å². The molecule has 7 nitrogen and oxygen atoms in total. The highest BCUT2D eigenvalue weighted by molar-refractivity contribution is 8.01. The Morgan fingerprint density at radius 1 is 1.27 bits per heavy atom. The van der Waals surface area contributed by atoms with Crippen LogP contribution in [0.3, 0.4) is 0 Å². The molecule has 0 spiro atoms. The van der Waals surface area contributed by atoms with Gasteiger partial charge < -0.3 is 14.0 Å². The van der Waals surface area contributed by atoms with Gasteiger partial charge in [-0.25, -0.2) is 5.90 Å². The Balaban J connectivity index is 1.53. The quantitative estimate of drug-likeness (QED) is 0.690. The van der Waals surface area contributed by atoms with Gasteiger partial charge >= 0.3 is 0 Å². The van der Waals surface area contributed by atoms with E-state index in [1.807, 2.05) is 30.3 Å². The smallest absolute Gasteiger partial charge is 0.268 e. The summed E-state index contributed by atoms with van der Waals surface area (Å²) in [5.41, 5.74) is 1.07. The van der Waals surface area contributed by atoms with E-state index in [4.69, 9.17) is 24.7 Å². The first-order valence-electron chi connectivity index (χ1n) is 10.5. The van der Waals surface area contributed by atoms with Gasteiger partial charge in [0.15, 0.2) is 5.76 Å². The predicted molar refractivity (Wildman–Crippen MR) is 113 cm³/mol. The lowest BCUT2D eigenvalue weighted by Crippen LogP contribution is -2.52. The number of fused-ring (bicyclic) bond motifs is 2. The molecule has 2 unspecified atom stereocenters. The van der Waals surface area contributed by atoms with Crippen LogP contribution in [-0.2, 0) is 16.2 Å². The number of hydrogen-bond acceptors (Lipinski definition) is 8. The Bertz CT molecular complexity index is 912. The summed E-state index contributed by atoms with van der Waals surface area (Å²) in [6.45, 7) is 2.47. The third kappa shape index (κ3) is 3.22. The molecule has 8 heteroatoms. The van der Waals surface area contributed by atoms with Gasteiger partial charge in [-0.2, -0.15) is 0 Å². The van der Waals surface area contributed by atoms with E-state index in [0.717, 1.165) is 47.9 Å². The van der Waals surface area contributed by atoms with Gasteiger partial charge in [-0.3, -0.25) is 9.74 Å². The van der Waals surface area contributed by atoms with Crippen molar-refractivity contribution in [3.63, 3.8) is 0 Å². The summed E-state index contributed by atoms with van der Waals surface area (Å²) in [6, 6.07) is 10.1. The Morgan fingerprint density at radius 3 is 2.80 bits per heavy atom. The molecule has 3 heterocycles. The van der Waals surface area contributed by atoms with Crippen LogP contribution in [0, 0.1) is 5.92 Å². The summed E-state index contributed by atoms with van der Waals surface area (Å²) in [4.78, 5) is 8.25. The third-order valence-corrected chi connectivity index (χ3v) is 7.82. The molecule has 160 valence electrons. The molecular formula is C22H27N3O4S. The van der Waals surface area contributed by atoms with Gasteiger partial charge in [0, 0.05) is 5.92 Å². The van der Waals surface area contributed by atoms with Crippen molar-refractivity contribution in [3.8, 4) is 5.88 Å². The molecule has 2 N–H and O–H groups in total. The van der Waals surface area contributed by atoms with E-state index >= 15 is 0 Å². The van der Waals surface area contributed by atoms with Crippen molar-refractivity contribution in [1.82, 2.24) is 10.1 Å². The fraction of sp³-hybridized carbons (Fsp3) is 0.500. The van der Waals surface area contributed by atoms with Crippen LogP contribution >= 0.6 is 11.8 Å². The Morgan fingerprint density at radius 2 is 2.07 bits per heavy atom. The molecule has 1 aliphatic carbocycles. The number of allylic oxidation sites excluding steroid dienone is 1. The summed E-state index contributed by atoms with van der Waals surface area (Å²) in [6.07, 6.45) is 6.31. The molecular weight excluding hydrogens is 402 g/mol. The lowest BCUT2D eigenvalue weighted by Gasteiger charge is -2.48. The zero-order valence-electron chi connectivity index (χ0n) is 17.1. The number of hydrogen-bond donors (Lipinski definition) is 1. The van der Waals surface area contributed by atoms with Crippen LogP contribution in [0.4, 0.5) is 0 Å². The van der Waals surface area contributed by atoms with Gasteiger partial charge in [0.1, 0.15) is 17.3 Å². The second-order valence-electron chi connectivity index (χ2n) is 7.99. The number of methoxy groups -OCH3 is 1. The number of benzene rings is 1. The Kier molecular flexibility index (Phi) is 5.49. The van der Waals surface area contributed by atoms with Crippen molar-refractivity contribution in [2.24, 2.45) is 11.8 Å². The number of rotatable bonds is 6. The molecule has 1 fully saturated rings. The van der Waals surface area contributed by atoms with Crippen LogP contribution in [0.15, 0.2) is 51.6 Å². The minimum absolute atomic E-state index is 0.0349. The number of likely N-dealkylation sites (tertiary alicyclic amines) is 1. The highest BCUT2D eigenvalue weighted by Crippen LogP contribution is 2.61. The lowest BCUT2D eigenvalue weighted by atomic mass is 9.81. The third-order valence-electron chi connectivity index (χ3n) is 6.33. The van der Waals surface area contributed by atoms with Crippen molar-refractivity contribution in [2.75, 3.05) is 20.2 Å². The maximum absolute atomic E-state index is 6.08. The minimum Gasteiger partial charge on any atom is -0.497 e. The first-order valence-corrected chi connectivity index (χ1v) is 11.3. The minimum atomic E-state index is -0.816. The van der Waals surface area contributed by atoms with Crippen LogP contribution in [0.25, 0.3) is 0 Å². The molecule has 0 amide bonds. The molecule has 2 aromatic rings. The highest BCUT2D eigenvalue weighted by Gasteiger charge is 2.58. The molecule has 30 heavy (non-hydrogen) atoms. The standard InChI is InChI=1S/C22H27N3O4S/c1-26-17-11-7-10-16-18(25-12-5-6-13-25)19-20(30-22(16,17)29-23)21(24-28-19)27-14-15-8-3-2-4-9-15/h2-4,8-9,11,16,18H,5-7,10,12-14,23H2,1H3/t16?,18-,22?/m0/s1. The summed E-state index contributed by atoms with van der Waals surface area (Å²) >= 11 is 1.50. The first kappa shape index (κ1) is 19.9. The normalized spacial score (nSPS) is 28.5. The van der Waals surface area contributed by atoms with E-state index in [1.165, 1.54) is 24.6 Å². The number of ether oxygens (including phenoxy) is 2. The van der Waals surface area contributed by atoms with Crippen LogP contribution in [0.5, 0.6) is 5.88 Å². The van der Waals surface area contributed by atoms with Gasteiger partial charge in [-0.15, -0.1) is 0 Å². The monoisotopic (exact) mass is 429 g/mol. The van der Waals surface area contributed by atoms with Gasteiger partial charge in [0.05, 0.1) is 13.2 Å². The van der Waals surface area contributed by atoms with E-state index in [0.29, 0.717) is 12.5 Å². The second kappa shape index (κ2) is 8.26. The maximum Gasteiger partial charge on any atom is 0.268 e. The molecule has 1 saturated heterocycles. The van der Waals surface area contributed by atoms with Crippen LogP contribution in [0.2, 0.25) is 0 Å². The number of nitrogens with zero attached hydrogens (tertiary/aromatic N) is 2. The summed E-state index contributed by atoms with van der Waals surface area (Å²) in [5, 5.41) is 4.31. The number of nitrogens with two attached hydrogens (primary N) is 1. The molecule has 2 aliphatic heterocycles. The SMILES string of the molecule is COC1=CCCC2[C@H](N3CCCC3)c3onc(OCc4ccccc4)c3SC12ON. The van der Waals surface area contributed by atoms with Crippen LogP contribution in [0.1, 0.15) is 43.0 Å². The van der Waals surface area contributed by atoms with Gasteiger partial charge in [-0.1, -0.05) is 42.1 Å². The van der Waals surface area contributed by atoms with Crippen molar-refractivity contribution in [3.05, 3.63) is 53.5 Å². The fourth-order valence-electron chi connectivity index (χ4n) is 4.95. The zero-order valence-corrected chi connectivity index (χ0v) is 17.9. The topological polar surface area (TPSA) is 83.0 Å². The predicted octanol–water partition coefficient (Wildman–Crippen LogP) is 4.02. The van der Waals surface area contributed by atoms with E-state index in [9.17, 15) is 0 Å². The van der Waals surface area contributed by atoms with Crippen LogP contribution in [-0.4, -0.2) is 35.2 Å². The molecule has 1 aromatic heterocycles. The average molecular weight is 430 g/mol. The van der Waals surface area contributed by atoms with Crippen molar-refractivity contribution < 1.29 is 18.8 Å². The van der Waals surface area contributed by atoms with Crippen molar-refractivity contribution >= 4 is 11.8 Å². The van der Waals surface area contributed by atoms with Gasteiger partial charge in [-0.05, 0) is 55.6 Å². The van der Waals surface area contributed by atoms with Gasteiger partial charge in [0.25, 0.3) is 5.88 Å². The van der Waals surface area contributed by atoms with Crippen LogP contribution < -0.4 is 10.6 Å². The summed E-state index contributed by atoms with van der Waals surface area (Å²) in [7, 11) is 1.68. The van der Waals surface area contributed by atoms with Crippen molar-refractivity contribution in [2.45, 2.75) is 48.2 Å². The molecule has 1 aromatic carbocycles. The fourth-order valence-corrected chi connectivity index (χ4v) is 6.41. The average Bonchev–Trinajstić information content (AvgIpc) is 3.46. The number of aromatic nitrogens is 1. The Hall–Kier alpha value is -2.00. The Labute approximate surface area is 180 Å². The molecule has 3 aliphatic rings. The summed E-state index contributed by atoms with van der Waals surface area (Å²) in [5.74, 6) is 8.18. The number of thioether (sulfide) groups is 1. The lowest BCUT2D eigenvalue weighted by molar-refractivity contribution is -0.0669. The largest absolute Gasteiger partial charge is 0.497 e. The van der Waals surface area contributed by atoms with E-state index in [1.54, 1.807) is 7.11 Å². The van der Waals surface area contributed by atoms with Crippen molar-refractivity contribution in [1.29, 1.82) is 0 Å². The second-order valence-corrected chi connectivity index (χ2v) is 9.21.